The van der Waals surface area contributed by atoms with Crippen molar-refractivity contribution in [3.05, 3.63) is 65.7 Å². The molecule has 6 heteroatoms. The molecule has 168 valence electrons. The third kappa shape index (κ3) is 6.84. The molecule has 2 aromatic carbocycles. The van der Waals surface area contributed by atoms with Crippen molar-refractivity contribution < 1.29 is 4.74 Å². The van der Waals surface area contributed by atoms with Crippen LogP contribution in [-0.2, 0) is 13.0 Å². The monoisotopic (exact) mass is 534 g/mol. The minimum Gasteiger partial charge on any atom is -0.490 e. The van der Waals surface area contributed by atoms with Crippen LogP contribution in [0.1, 0.15) is 30.4 Å². The molecular weight excluding hydrogens is 499 g/mol. The van der Waals surface area contributed by atoms with Crippen LogP contribution in [0.5, 0.6) is 5.75 Å². The van der Waals surface area contributed by atoms with Gasteiger partial charge in [0.1, 0.15) is 11.9 Å². The molecule has 0 aromatic heterocycles. The third-order valence-corrected chi connectivity index (χ3v) is 6.14. The topological polar surface area (TPSA) is 40.1 Å². The number of benzene rings is 2. The van der Waals surface area contributed by atoms with Crippen LogP contribution < -0.4 is 10.1 Å². The third-order valence-electron chi connectivity index (χ3n) is 6.14. The molecule has 2 heterocycles. The van der Waals surface area contributed by atoms with Gasteiger partial charge < -0.3 is 15.0 Å². The molecule has 1 saturated heterocycles. The summed E-state index contributed by atoms with van der Waals surface area (Å²) in [6.07, 6.45) is 4.66. The van der Waals surface area contributed by atoms with E-state index < -0.39 is 0 Å². The van der Waals surface area contributed by atoms with E-state index in [1.54, 1.807) is 0 Å². The number of aliphatic imine (C=N–C) groups is 1. The van der Waals surface area contributed by atoms with Crippen LogP contribution in [0.3, 0.4) is 0 Å². The first-order valence-electron chi connectivity index (χ1n) is 11.3. The van der Waals surface area contributed by atoms with E-state index in [2.05, 4.69) is 44.4 Å². The highest BCUT2D eigenvalue weighted by Crippen LogP contribution is 2.19. The second-order valence-corrected chi connectivity index (χ2v) is 8.24. The number of hydrogen-bond donors (Lipinski definition) is 1. The number of ether oxygens (including phenoxy) is 1. The van der Waals surface area contributed by atoms with Crippen molar-refractivity contribution in [1.82, 2.24) is 15.1 Å². The second-order valence-electron chi connectivity index (χ2n) is 8.24. The molecule has 0 unspecified atom stereocenters. The van der Waals surface area contributed by atoms with Gasteiger partial charge in [0, 0.05) is 59.2 Å². The molecule has 2 aliphatic rings. The van der Waals surface area contributed by atoms with Crippen molar-refractivity contribution in [3.63, 3.8) is 0 Å². The molecule has 0 radical (unpaired) electrons. The summed E-state index contributed by atoms with van der Waals surface area (Å²) in [5, 5.41) is 3.57. The van der Waals surface area contributed by atoms with Gasteiger partial charge in [0.25, 0.3) is 0 Å². The molecule has 1 N–H and O–H groups in total. The number of likely N-dealkylation sites (tertiary alicyclic amines) is 1. The van der Waals surface area contributed by atoms with Crippen molar-refractivity contribution in [2.45, 2.75) is 38.3 Å². The molecule has 4 rings (SSSR count). The lowest BCUT2D eigenvalue weighted by Crippen LogP contribution is -2.48. The van der Waals surface area contributed by atoms with Crippen LogP contribution in [0, 0.1) is 0 Å². The van der Waals surface area contributed by atoms with Crippen LogP contribution in [0.2, 0.25) is 0 Å². The summed E-state index contributed by atoms with van der Waals surface area (Å²) >= 11 is 0. The maximum absolute atomic E-state index is 6.12. The minimum atomic E-state index is 0. The van der Waals surface area contributed by atoms with Crippen LogP contribution in [0.15, 0.2) is 59.6 Å². The average Bonchev–Trinajstić information content (AvgIpc) is 2.80. The van der Waals surface area contributed by atoms with E-state index in [-0.39, 0.29) is 24.0 Å². The van der Waals surface area contributed by atoms with E-state index in [0.717, 1.165) is 63.7 Å². The molecule has 5 nitrogen and oxygen atoms in total. The molecule has 0 atom stereocenters. The molecule has 2 aliphatic heterocycles. The Morgan fingerprint density at radius 1 is 1.00 bits per heavy atom. The molecule has 0 aliphatic carbocycles. The van der Waals surface area contributed by atoms with Crippen LogP contribution in [0.25, 0.3) is 0 Å². The Balaban J connectivity index is 0.00000272. The molecule has 31 heavy (non-hydrogen) atoms. The Kier molecular flexibility index (Phi) is 9.46. The largest absolute Gasteiger partial charge is 0.490 e. The molecule has 0 spiro atoms. The van der Waals surface area contributed by atoms with E-state index in [0.29, 0.717) is 6.10 Å². The van der Waals surface area contributed by atoms with Crippen molar-refractivity contribution in [3.8, 4) is 5.75 Å². The van der Waals surface area contributed by atoms with Crippen molar-refractivity contribution >= 4 is 29.9 Å². The Morgan fingerprint density at radius 2 is 1.71 bits per heavy atom. The maximum atomic E-state index is 6.12. The van der Waals surface area contributed by atoms with E-state index in [1.807, 2.05) is 37.4 Å². The number of guanidine groups is 1. The number of para-hydroxylation sites is 1. The summed E-state index contributed by atoms with van der Waals surface area (Å²) in [6.45, 7) is 6.32. The maximum Gasteiger partial charge on any atom is 0.193 e. The zero-order chi connectivity index (χ0) is 20.6. The van der Waals surface area contributed by atoms with Crippen LogP contribution in [-0.4, -0.2) is 61.6 Å². The van der Waals surface area contributed by atoms with Gasteiger partial charge in [0.05, 0.1) is 0 Å². The molecule has 0 saturated carbocycles. The van der Waals surface area contributed by atoms with Gasteiger partial charge in [-0.3, -0.25) is 9.89 Å². The lowest BCUT2D eigenvalue weighted by atomic mass is 10.00. The summed E-state index contributed by atoms with van der Waals surface area (Å²) in [5.74, 6) is 2.00. The lowest BCUT2D eigenvalue weighted by molar-refractivity contribution is 0.129. The first kappa shape index (κ1) is 23.9. The van der Waals surface area contributed by atoms with E-state index in [9.17, 15) is 0 Å². The number of halogens is 1. The molecule has 2 aromatic rings. The van der Waals surface area contributed by atoms with Crippen LogP contribution in [0.4, 0.5) is 0 Å². The molecule has 1 fully saturated rings. The van der Waals surface area contributed by atoms with Gasteiger partial charge in [-0.1, -0.05) is 42.5 Å². The Bertz CT molecular complexity index is 821. The average molecular weight is 534 g/mol. The first-order chi connectivity index (χ1) is 14.8. The van der Waals surface area contributed by atoms with Gasteiger partial charge in [0.15, 0.2) is 5.96 Å². The van der Waals surface area contributed by atoms with Gasteiger partial charge >= 0.3 is 0 Å². The first-order valence-corrected chi connectivity index (χ1v) is 11.3. The van der Waals surface area contributed by atoms with Gasteiger partial charge in [-0.15, -0.1) is 24.0 Å². The highest BCUT2D eigenvalue weighted by atomic mass is 127. The SMILES string of the molecule is CN=C(NCCCN1CCc2ccccc2C1)N1CCC(Oc2ccccc2)CC1.I. The summed E-state index contributed by atoms with van der Waals surface area (Å²) < 4.78 is 6.12. The van der Waals surface area contributed by atoms with Gasteiger partial charge in [0.2, 0.25) is 0 Å². The highest BCUT2D eigenvalue weighted by molar-refractivity contribution is 14.0. The van der Waals surface area contributed by atoms with Crippen molar-refractivity contribution in [1.29, 1.82) is 0 Å². The van der Waals surface area contributed by atoms with E-state index in [4.69, 9.17) is 4.74 Å². The number of rotatable bonds is 6. The molecule has 0 amide bonds. The number of nitrogens with one attached hydrogen (secondary N) is 1. The highest BCUT2D eigenvalue weighted by Gasteiger charge is 2.22. The predicted molar refractivity (Wildman–Crippen MR) is 138 cm³/mol. The number of nitrogens with zero attached hydrogens (tertiary/aromatic N) is 3. The fourth-order valence-electron chi connectivity index (χ4n) is 4.46. The fraction of sp³-hybridized carbons (Fsp3) is 0.480. The fourth-order valence-corrected chi connectivity index (χ4v) is 4.46. The summed E-state index contributed by atoms with van der Waals surface area (Å²) in [7, 11) is 1.89. The standard InChI is InChI=1S/C25H34N4O.HI/c1-26-25(29-18-13-24(14-19-29)30-23-10-3-2-4-11-23)27-15-7-16-28-17-12-21-8-5-6-9-22(21)20-28;/h2-6,8-11,24H,7,12-20H2,1H3,(H,26,27);1H. The van der Waals surface area contributed by atoms with Gasteiger partial charge in [-0.05, 0) is 36.1 Å². The number of hydrogen-bond acceptors (Lipinski definition) is 3. The normalized spacial score (nSPS) is 17.6. The molecular formula is C25H35IN4O. The zero-order valence-electron chi connectivity index (χ0n) is 18.5. The predicted octanol–water partition coefficient (Wildman–Crippen LogP) is 4.17. The van der Waals surface area contributed by atoms with Crippen LogP contribution >= 0.6 is 24.0 Å². The number of piperidine rings is 1. The van der Waals surface area contributed by atoms with Crippen molar-refractivity contribution in [2.24, 2.45) is 4.99 Å². The lowest BCUT2D eigenvalue weighted by Gasteiger charge is -2.34. The Labute approximate surface area is 203 Å². The molecule has 0 bridgehead atoms. The zero-order valence-corrected chi connectivity index (χ0v) is 20.8. The summed E-state index contributed by atoms with van der Waals surface area (Å²) in [5.41, 5.74) is 3.01. The van der Waals surface area contributed by atoms with E-state index >= 15 is 0 Å². The summed E-state index contributed by atoms with van der Waals surface area (Å²) in [6, 6.07) is 19.0. The van der Waals surface area contributed by atoms with Gasteiger partial charge in [-0.2, -0.15) is 0 Å². The summed E-state index contributed by atoms with van der Waals surface area (Å²) in [4.78, 5) is 9.44. The smallest absolute Gasteiger partial charge is 0.193 e. The quantitative estimate of drug-likeness (QED) is 0.262. The van der Waals surface area contributed by atoms with E-state index in [1.165, 1.54) is 24.1 Å². The van der Waals surface area contributed by atoms with Gasteiger partial charge in [-0.25, -0.2) is 0 Å². The van der Waals surface area contributed by atoms with Crippen molar-refractivity contribution in [2.75, 3.05) is 39.8 Å². The number of fused-ring (bicyclic) bond motifs is 1. The minimum absolute atomic E-state index is 0. The Morgan fingerprint density at radius 3 is 2.45 bits per heavy atom. The second kappa shape index (κ2) is 12.3. The Hall–Kier alpha value is -1.80.